The fourth-order valence-electron chi connectivity index (χ4n) is 11.9. The molecule has 0 aliphatic heterocycles. The molecule has 0 saturated heterocycles. The molecule has 0 atom stereocenters. The van der Waals surface area contributed by atoms with Gasteiger partial charge in [0, 0.05) is 71.0 Å². The monoisotopic (exact) mass is 949 g/mol. The van der Waals surface area contributed by atoms with Crippen molar-refractivity contribution in [2.45, 2.75) is 26.2 Å². The van der Waals surface area contributed by atoms with Crippen LogP contribution < -0.4 is 0 Å². The van der Waals surface area contributed by atoms with E-state index in [-0.39, 0.29) is 0 Å². The van der Waals surface area contributed by atoms with Crippen LogP contribution in [0.15, 0.2) is 231 Å². The van der Waals surface area contributed by atoms with E-state index in [4.69, 9.17) is 15.0 Å². The first-order valence-electron chi connectivity index (χ1n) is 25.4. The first-order chi connectivity index (χ1) is 36.4. The minimum absolute atomic E-state index is 0.410. The van der Waals surface area contributed by atoms with Gasteiger partial charge in [-0.3, -0.25) is 0 Å². The first kappa shape index (κ1) is 42.1. The molecule has 350 valence electrons. The van der Waals surface area contributed by atoms with Crippen LogP contribution >= 0.6 is 0 Å². The normalized spacial score (nSPS) is 12.3. The van der Waals surface area contributed by atoms with Crippen LogP contribution in [0.4, 0.5) is 0 Å². The van der Waals surface area contributed by atoms with Crippen molar-refractivity contribution in [3.05, 3.63) is 236 Å². The SMILES string of the molecule is CC(C)(C)c1nc(-c2ccccc2-n2c3ccccc3c3ccc4c(c5ccccc5n4-c4ccccc4)c32)nc(-c2ccccc2-n2c3ccccc3c3ccc4c(c5ccccc5n4-c4ccccc4)c32)n1. The lowest BCUT2D eigenvalue weighted by molar-refractivity contribution is 0.543. The maximum absolute atomic E-state index is 5.60. The number of para-hydroxylation sites is 8. The van der Waals surface area contributed by atoms with Gasteiger partial charge in [-0.1, -0.05) is 166 Å². The summed E-state index contributed by atoms with van der Waals surface area (Å²) in [5.74, 6) is 1.95. The molecule has 0 radical (unpaired) electrons. The minimum Gasteiger partial charge on any atom is -0.309 e. The van der Waals surface area contributed by atoms with E-state index in [2.05, 4.69) is 270 Å². The van der Waals surface area contributed by atoms with Gasteiger partial charge >= 0.3 is 0 Å². The number of hydrogen-bond acceptors (Lipinski definition) is 3. The molecule has 15 rings (SSSR count). The fraction of sp³-hybridized carbons (Fsp3) is 0.0597. The van der Waals surface area contributed by atoms with E-state index in [9.17, 15) is 0 Å². The molecule has 5 aromatic heterocycles. The molecular weight excluding hydrogens is 903 g/mol. The Bertz CT molecular complexity index is 4460. The maximum atomic E-state index is 5.60. The lowest BCUT2D eigenvalue weighted by Crippen LogP contribution is -2.18. The van der Waals surface area contributed by atoms with Gasteiger partial charge in [-0.15, -0.1) is 0 Å². The third kappa shape index (κ3) is 6.10. The molecule has 5 heterocycles. The second-order valence-corrected chi connectivity index (χ2v) is 20.4. The average molecular weight is 950 g/mol. The van der Waals surface area contributed by atoms with Gasteiger partial charge in [0.2, 0.25) is 0 Å². The summed E-state index contributed by atoms with van der Waals surface area (Å²) in [6, 6.07) is 82.9. The summed E-state index contributed by atoms with van der Waals surface area (Å²) < 4.78 is 9.70. The number of fused-ring (bicyclic) bond motifs is 14. The number of hydrogen-bond donors (Lipinski definition) is 0. The molecule has 7 heteroatoms. The molecule has 0 unspecified atom stereocenters. The number of aromatic nitrogens is 7. The Morgan fingerprint density at radius 3 is 1.05 bits per heavy atom. The Morgan fingerprint density at radius 1 is 0.284 bits per heavy atom. The molecular formula is C67H47N7. The van der Waals surface area contributed by atoms with Gasteiger partial charge in [0.1, 0.15) is 5.82 Å². The lowest BCUT2D eigenvalue weighted by atomic mass is 9.95. The summed E-state index contributed by atoms with van der Waals surface area (Å²) >= 11 is 0. The molecule has 0 aliphatic carbocycles. The van der Waals surface area contributed by atoms with Gasteiger partial charge in [-0.2, -0.15) is 0 Å². The van der Waals surface area contributed by atoms with Crippen molar-refractivity contribution in [1.29, 1.82) is 0 Å². The van der Waals surface area contributed by atoms with Crippen LogP contribution in [0.3, 0.4) is 0 Å². The summed E-state index contributed by atoms with van der Waals surface area (Å²) in [5.41, 5.74) is 14.8. The predicted molar refractivity (Wildman–Crippen MR) is 307 cm³/mol. The van der Waals surface area contributed by atoms with E-state index in [1.54, 1.807) is 0 Å². The topological polar surface area (TPSA) is 58.4 Å². The Balaban J connectivity index is 1.00. The summed E-state index contributed by atoms with van der Waals surface area (Å²) in [5, 5.41) is 9.52. The Morgan fingerprint density at radius 2 is 0.635 bits per heavy atom. The highest BCUT2D eigenvalue weighted by Crippen LogP contribution is 2.46. The maximum Gasteiger partial charge on any atom is 0.165 e. The van der Waals surface area contributed by atoms with Gasteiger partial charge in [-0.25, -0.2) is 15.0 Å². The van der Waals surface area contributed by atoms with Crippen LogP contribution in [-0.4, -0.2) is 33.2 Å². The Hall–Kier alpha value is -9.59. The molecule has 7 nitrogen and oxygen atoms in total. The molecule has 10 aromatic carbocycles. The van der Waals surface area contributed by atoms with Crippen molar-refractivity contribution in [2.24, 2.45) is 0 Å². The first-order valence-corrected chi connectivity index (χ1v) is 25.4. The van der Waals surface area contributed by atoms with E-state index < -0.39 is 5.41 Å². The van der Waals surface area contributed by atoms with Crippen LogP contribution in [0, 0.1) is 0 Å². The van der Waals surface area contributed by atoms with Crippen LogP contribution in [-0.2, 0) is 5.41 Å². The van der Waals surface area contributed by atoms with Gasteiger partial charge in [0.25, 0.3) is 0 Å². The summed E-state index contributed by atoms with van der Waals surface area (Å²) in [4.78, 5) is 16.5. The predicted octanol–water partition coefficient (Wildman–Crippen LogP) is 16.9. The van der Waals surface area contributed by atoms with Gasteiger partial charge in [0.05, 0.1) is 55.5 Å². The van der Waals surface area contributed by atoms with Crippen LogP contribution in [0.2, 0.25) is 0 Å². The molecule has 15 aromatic rings. The van der Waals surface area contributed by atoms with Crippen LogP contribution in [0.25, 0.3) is 133 Å². The number of nitrogens with zero attached hydrogens (tertiary/aromatic N) is 7. The largest absolute Gasteiger partial charge is 0.309 e. The molecule has 0 aliphatic rings. The zero-order valence-electron chi connectivity index (χ0n) is 41.1. The van der Waals surface area contributed by atoms with Crippen LogP contribution in [0.5, 0.6) is 0 Å². The molecule has 0 spiro atoms. The molecule has 74 heavy (non-hydrogen) atoms. The second-order valence-electron chi connectivity index (χ2n) is 20.4. The average Bonchev–Trinajstić information content (AvgIpc) is 4.18. The van der Waals surface area contributed by atoms with Gasteiger partial charge in [-0.05, 0) is 84.9 Å². The van der Waals surface area contributed by atoms with Gasteiger partial charge < -0.3 is 18.3 Å². The van der Waals surface area contributed by atoms with E-state index in [1.165, 1.54) is 43.1 Å². The molecule has 0 fully saturated rings. The van der Waals surface area contributed by atoms with Crippen molar-refractivity contribution in [3.8, 4) is 45.5 Å². The number of rotatable bonds is 6. The van der Waals surface area contributed by atoms with Crippen molar-refractivity contribution >= 4 is 87.2 Å². The fourth-order valence-corrected chi connectivity index (χ4v) is 11.9. The molecule has 0 bridgehead atoms. The third-order valence-electron chi connectivity index (χ3n) is 15.0. The zero-order chi connectivity index (χ0) is 49.2. The van der Waals surface area contributed by atoms with E-state index in [0.717, 1.165) is 78.0 Å². The Labute approximate surface area is 426 Å². The highest BCUT2D eigenvalue weighted by Gasteiger charge is 2.28. The van der Waals surface area contributed by atoms with Crippen molar-refractivity contribution in [1.82, 2.24) is 33.2 Å². The molecule has 0 amide bonds. The molecule has 0 saturated carbocycles. The van der Waals surface area contributed by atoms with E-state index in [1.807, 2.05) is 0 Å². The third-order valence-corrected chi connectivity index (χ3v) is 15.0. The van der Waals surface area contributed by atoms with Crippen molar-refractivity contribution in [2.75, 3.05) is 0 Å². The van der Waals surface area contributed by atoms with Gasteiger partial charge in [0.15, 0.2) is 11.6 Å². The summed E-state index contributed by atoms with van der Waals surface area (Å²) in [6.45, 7) is 6.56. The number of benzene rings is 10. The quantitative estimate of drug-likeness (QED) is 0.167. The standard InChI is InChI=1S/C67H47N7/c1-67(2,3)66-69-64(50-30-14-20-36-56(50)73-52-32-16-10-26-44(52)46-38-40-58-60(62(46)73)48-28-12-18-34-54(48)71(58)42-22-6-4-7-23-42)68-65(70-66)51-31-15-21-37-57(51)74-53-33-17-11-27-45(53)47-39-41-59-61(63(47)74)49-29-13-19-35-55(49)72(59)43-24-8-5-9-25-43/h4-41H,1-3H3. The van der Waals surface area contributed by atoms with E-state index >= 15 is 0 Å². The smallest absolute Gasteiger partial charge is 0.165 e. The van der Waals surface area contributed by atoms with Crippen molar-refractivity contribution < 1.29 is 0 Å². The van der Waals surface area contributed by atoms with Crippen molar-refractivity contribution in [3.63, 3.8) is 0 Å². The van der Waals surface area contributed by atoms with Crippen LogP contribution in [0.1, 0.15) is 26.6 Å². The Kier molecular flexibility index (Phi) is 9.08. The highest BCUT2D eigenvalue weighted by atomic mass is 15.1. The second kappa shape index (κ2) is 16.0. The summed E-state index contributed by atoms with van der Waals surface area (Å²) in [7, 11) is 0. The minimum atomic E-state index is -0.410. The zero-order valence-corrected chi connectivity index (χ0v) is 41.1. The molecule has 0 N–H and O–H groups in total. The summed E-state index contributed by atoms with van der Waals surface area (Å²) in [6.07, 6.45) is 0. The highest BCUT2D eigenvalue weighted by molar-refractivity contribution is 6.28. The van der Waals surface area contributed by atoms with E-state index in [0.29, 0.717) is 17.5 Å². The lowest BCUT2D eigenvalue weighted by Gasteiger charge is -2.20.